The lowest BCUT2D eigenvalue weighted by atomic mass is 9.84. The Hall–Kier alpha value is -2.34. The van der Waals surface area contributed by atoms with E-state index in [1.165, 1.54) is 0 Å². The number of benzene rings is 2. The van der Waals surface area contributed by atoms with Crippen molar-refractivity contribution in [3.8, 4) is 5.75 Å². The van der Waals surface area contributed by atoms with Gasteiger partial charge in [0.1, 0.15) is 5.75 Å². The number of aliphatic imine (C=N–C) groups is 1. The normalized spacial score (nSPS) is 20.1. The highest BCUT2D eigenvalue weighted by Gasteiger charge is 2.44. The molecule has 118 valence electrons. The van der Waals surface area contributed by atoms with Gasteiger partial charge in [-0.05, 0) is 35.4 Å². The third-order valence-electron chi connectivity index (χ3n) is 3.87. The molecule has 1 aliphatic rings. The highest BCUT2D eigenvalue weighted by atomic mass is 79.9. The quantitative estimate of drug-likeness (QED) is 0.863. The molecule has 1 amide bonds. The molecule has 0 fully saturated rings. The van der Waals surface area contributed by atoms with Gasteiger partial charge in [-0.2, -0.15) is 0 Å². The zero-order chi connectivity index (χ0) is 16.4. The minimum atomic E-state index is -1.04. The number of nitrogens with two attached hydrogens (primary N) is 1. The minimum absolute atomic E-state index is 0.145. The number of halogens is 1. The molecule has 1 aliphatic heterocycles. The van der Waals surface area contributed by atoms with Gasteiger partial charge in [-0.3, -0.25) is 10.1 Å². The molecular formula is C17H16BrN3O2. The Morgan fingerprint density at radius 2 is 1.83 bits per heavy atom. The van der Waals surface area contributed by atoms with Gasteiger partial charge in [0, 0.05) is 10.9 Å². The standard InChI is InChI=1S/C17H16BrN3O2/c1-23-14-8-2-11(3-9-14)10-17(15(22)20-16(19)21-17)12-4-6-13(18)7-5-12/h2-9H,10H2,1H3,(H3,19,20,21,22)/t17-/m0/s1. The number of carbonyl (C=O) groups excluding carboxylic acids is 1. The number of ether oxygens (including phenoxy) is 1. The number of nitrogens with zero attached hydrogens (tertiary/aromatic N) is 1. The van der Waals surface area contributed by atoms with Crippen molar-refractivity contribution in [3.05, 3.63) is 64.1 Å². The first kappa shape index (κ1) is 15.6. The van der Waals surface area contributed by atoms with Crippen LogP contribution in [-0.4, -0.2) is 19.0 Å². The van der Waals surface area contributed by atoms with E-state index in [1.807, 2.05) is 48.5 Å². The number of nitrogens with one attached hydrogen (secondary N) is 1. The summed E-state index contributed by atoms with van der Waals surface area (Å²) in [6.45, 7) is 0. The van der Waals surface area contributed by atoms with Crippen molar-refractivity contribution < 1.29 is 9.53 Å². The Morgan fingerprint density at radius 3 is 2.35 bits per heavy atom. The van der Waals surface area contributed by atoms with Crippen LogP contribution in [0.15, 0.2) is 58.0 Å². The molecule has 0 saturated heterocycles. The van der Waals surface area contributed by atoms with E-state index in [1.54, 1.807) is 7.11 Å². The highest BCUT2D eigenvalue weighted by molar-refractivity contribution is 9.10. The molecule has 0 bridgehead atoms. The summed E-state index contributed by atoms with van der Waals surface area (Å²) >= 11 is 3.41. The van der Waals surface area contributed by atoms with Crippen molar-refractivity contribution in [2.24, 2.45) is 10.7 Å². The molecule has 1 atom stereocenters. The summed E-state index contributed by atoms with van der Waals surface area (Å²) in [5.74, 6) is 0.699. The van der Waals surface area contributed by atoms with Crippen molar-refractivity contribution in [2.45, 2.75) is 12.0 Å². The second-order valence-corrected chi connectivity index (χ2v) is 6.26. The van der Waals surface area contributed by atoms with Gasteiger partial charge in [0.2, 0.25) is 0 Å². The first-order valence-corrected chi connectivity index (χ1v) is 7.88. The maximum absolute atomic E-state index is 12.6. The van der Waals surface area contributed by atoms with Crippen LogP contribution in [0.3, 0.4) is 0 Å². The summed E-state index contributed by atoms with van der Waals surface area (Å²) in [5, 5.41) is 2.62. The summed E-state index contributed by atoms with van der Waals surface area (Å²) in [6.07, 6.45) is 0.422. The second kappa shape index (κ2) is 6.04. The van der Waals surface area contributed by atoms with E-state index in [-0.39, 0.29) is 11.9 Å². The SMILES string of the molecule is COc1ccc(C[C@@]2(c3ccc(Br)cc3)N=C(N)NC2=O)cc1. The third-order valence-corrected chi connectivity index (χ3v) is 4.40. The Kier molecular flexibility index (Phi) is 4.09. The van der Waals surface area contributed by atoms with Crippen LogP contribution >= 0.6 is 15.9 Å². The van der Waals surface area contributed by atoms with Crippen LogP contribution in [0, 0.1) is 0 Å². The molecule has 23 heavy (non-hydrogen) atoms. The molecule has 0 unspecified atom stereocenters. The number of carbonyl (C=O) groups is 1. The van der Waals surface area contributed by atoms with Gasteiger partial charge < -0.3 is 10.5 Å². The summed E-state index contributed by atoms with van der Waals surface area (Å²) in [4.78, 5) is 17.0. The maximum Gasteiger partial charge on any atom is 0.259 e. The van der Waals surface area contributed by atoms with Crippen molar-refractivity contribution in [1.29, 1.82) is 0 Å². The maximum atomic E-state index is 12.6. The largest absolute Gasteiger partial charge is 0.497 e. The number of hydrogen-bond donors (Lipinski definition) is 2. The lowest BCUT2D eigenvalue weighted by molar-refractivity contribution is -0.124. The fourth-order valence-electron chi connectivity index (χ4n) is 2.69. The molecule has 0 aromatic heterocycles. The van der Waals surface area contributed by atoms with E-state index >= 15 is 0 Å². The average Bonchev–Trinajstić information content (AvgIpc) is 2.83. The van der Waals surface area contributed by atoms with E-state index in [2.05, 4.69) is 26.2 Å². The minimum Gasteiger partial charge on any atom is -0.497 e. The number of guanidine groups is 1. The monoisotopic (exact) mass is 373 g/mol. The fraction of sp³-hybridized carbons (Fsp3) is 0.176. The third kappa shape index (κ3) is 2.94. The first-order chi connectivity index (χ1) is 11.0. The predicted octanol–water partition coefficient (Wildman–Crippen LogP) is 2.34. The molecule has 5 nitrogen and oxygen atoms in total. The Bertz CT molecular complexity index is 756. The molecular weight excluding hydrogens is 358 g/mol. The van der Waals surface area contributed by atoms with Gasteiger partial charge in [0.05, 0.1) is 7.11 Å². The van der Waals surface area contributed by atoms with E-state index < -0.39 is 5.54 Å². The van der Waals surface area contributed by atoms with Gasteiger partial charge in [0.25, 0.3) is 5.91 Å². The van der Waals surface area contributed by atoms with Gasteiger partial charge in [0.15, 0.2) is 11.5 Å². The van der Waals surface area contributed by atoms with E-state index in [4.69, 9.17) is 10.5 Å². The van der Waals surface area contributed by atoms with Crippen LogP contribution in [-0.2, 0) is 16.8 Å². The molecule has 0 spiro atoms. The summed E-state index contributed by atoms with van der Waals surface area (Å²) in [6, 6.07) is 15.1. The zero-order valence-electron chi connectivity index (χ0n) is 12.5. The van der Waals surface area contributed by atoms with Crippen LogP contribution in [0.4, 0.5) is 0 Å². The van der Waals surface area contributed by atoms with Crippen LogP contribution in [0.25, 0.3) is 0 Å². The number of hydrogen-bond acceptors (Lipinski definition) is 4. The Morgan fingerprint density at radius 1 is 1.17 bits per heavy atom. The summed E-state index contributed by atoms with van der Waals surface area (Å²) in [7, 11) is 1.62. The number of amides is 1. The van der Waals surface area contributed by atoms with E-state index in [9.17, 15) is 4.79 Å². The van der Waals surface area contributed by atoms with E-state index in [0.717, 1.165) is 21.3 Å². The van der Waals surface area contributed by atoms with Gasteiger partial charge in [-0.15, -0.1) is 0 Å². The lowest BCUT2D eigenvalue weighted by Gasteiger charge is -2.24. The fourth-order valence-corrected chi connectivity index (χ4v) is 2.95. The molecule has 3 N–H and O–H groups in total. The van der Waals surface area contributed by atoms with Crippen molar-refractivity contribution in [3.63, 3.8) is 0 Å². The van der Waals surface area contributed by atoms with Gasteiger partial charge >= 0.3 is 0 Å². The predicted molar refractivity (Wildman–Crippen MR) is 92.3 cm³/mol. The number of rotatable bonds is 4. The van der Waals surface area contributed by atoms with Crippen LogP contribution in [0.2, 0.25) is 0 Å². The molecule has 0 aliphatic carbocycles. The molecule has 6 heteroatoms. The van der Waals surface area contributed by atoms with Crippen molar-refractivity contribution in [2.75, 3.05) is 7.11 Å². The first-order valence-electron chi connectivity index (χ1n) is 7.09. The summed E-state index contributed by atoms with van der Waals surface area (Å²) in [5.41, 5.74) is 6.49. The molecule has 2 aromatic rings. The van der Waals surface area contributed by atoms with Crippen molar-refractivity contribution >= 4 is 27.8 Å². The Labute approximate surface area is 142 Å². The van der Waals surface area contributed by atoms with Crippen LogP contribution in [0.5, 0.6) is 5.75 Å². The lowest BCUT2D eigenvalue weighted by Crippen LogP contribution is -2.40. The highest BCUT2D eigenvalue weighted by Crippen LogP contribution is 2.34. The van der Waals surface area contributed by atoms with E-state index in [0.29, 0.717) is 6.42 Å². The van der Waals surface area contributed by atoms with Crippen LogP contribution < -0.4 is 15.8 Å². The summed E-state index contributed by atoms with van der Waals surface area (Å²) < 4.78 is 6.11. The smallest absolute Gasteiger partial charge is 0.259 e. The van der Waals surface area contributed by atoms with Gasteiger partial charge in [-0.25, -0.2) is 4.99 Å². The topological polar surface area (TPSA) is 76.7 Å². The molecule has 0 saturated carbocycles. The zero-order valence-corrected chi connectivity index (χ0v) is 14.1. The number of methoxy groups -OCH3 is 1. The molecule has 1 heterocycles. The van der Waals surface area contributed by atoms with Gasteiger partial charge in [-0.1, -0.05) is 40.2 Å². The van der Waals surface area contributed by atoms with Crippen LogP contribution in [0.1, 0.15) is 11.1 Å². The molecule has 3 rings (SSSR count). The second-order valence-electron chi connectivity index (χ2n) is 5.34. The Balaban J connectivity index is 2.02. The van der Waals surface area contributed by atoms with Crippen molar-refractivity contribution in [1.82, 2.24) is 5.32 Å². The average molecular weight is 374 g/mol. The molecule has 2 aromatic carbocycles. The molecule has 0 radical (unpaired) electrons.